The number of ketones is 1. The van der Waals surface area contributed by atoms with Gasteiger partial charge < -0.3 is 10.0 Å². The minimum absolute atomic E-state index is 0.0119. The third kappa shape index (κ3) is 3.86. The highest BCUT2D eigenvalue weighted by molar-refractivity contribution is 5.96. The first-order valence-electron chi connectivity index (χ1n) is 9.18. The second-order valence-corrected chi connectivity index (χ2v) is 6.90. The van der Waals surface area contributed by atoms with Gasteiger partial charge in [0.05, 0.1) is 12.0 Å². The van der Waals surface area contributed by atoms with E-state index in [4.69, 9.17) is 0 Å². The molecule has 0 radical (unpaired) electrons. The van der Waals surface area contributed by atoms with Crippen molar-refractivity contribution in [2.24, 2.45) is 11.8 Å². The summed E-state index contributed by atoms with van der Waals surface area (Å²) in [5.74, 6) is -0.299. The Kier molecular flexibility index (Phi) is 5.52. The number of aliphatic hydroxyl groups excluding tert-OH is 1. The second kappa shape index (κ2) is 7.83. The molecule has 1 fully saturated rings. The fraction of sp³-hybridized carbons (Fsp3) is 0.364. The van der Waals surface area contributed by atoms with Crippen LogP contribution in [-0.2, 0) is 4.79 Å². The van der Waals surface area contributed by atoms with Crippen LogP contribution in [0.2, 0.25) is 0 Å². The highest BCUT2D eigenvalue weighted by atomic mass is 16.3. The van der Waals surface area contributed by atoms with Crippen molar-refractivity contribution in [1.29, 1.82) is 0 Å². The predicted octanol–water partition coefficient (Wildman–Crippen LogP) is 4.00. The number of rotatable bonds is 7. The van der Waals surface area contributed by atoms with E-state index in [0.29, 0.717) is 17.7 Å². The first kappa shape index (κ1) is 18.3. The van der Waals surface area contributed by atoms with Crippen LogP contribution < -0.4 is 4.90 Å². The molecule has 2 atom stereocenters. The van der Waals surface area contributed by atoms with E-state index in [1.165, 1.54) is 6.92 Å². The van der Waals surface area contributed by atoms with Crippen molar-refractivity contribution in [2.45, 2.75) is 32.8 Å². The van der Waals surface area contributed by atoms with Crippen LogP contribution in [0.4, 0.5) is 5.69 Å². The normalized spacial score (nSPS) is 16.0. The number of Topliss-reactive ketones (excluding diaryl/α,β-unsaturated/α-hetero) is 1. The Morgan fingerprint density at radius 1 is 1.08 bits per heavy atom. The molecule has 1 N–H and O–H groups in total. The summed E-state index contributed by atoms with van der Waals surface area (Å²) in [4.78, 5) is 26.5. The Morgan fingerprint density at radius 3 is 2.19 bits per heavy atom. The number of para-hydroxylation sites is 1. The van der Waals surface area contributed by atoms with E-state index in [1.54, 1.807) is 29.2 Å². The van der Waals surface area contributed by atoms with Crippen LogP contribution in [0.25, 0.3) is 0 Å². The lowest BCUT2D eigenvalue weighted by atomic mass is 9.89. The molecular formula is C22H25NO3. The lowest BCUT2D eigenvalue weighted by molar-refractivity contribution is -0.127. The van der Waals surface area contributed by atoms with Crippen LogP contribution >= 0.6 is 0 Å². The number of aliphatic hydroxyl groups is 1. The first-order valence-corrected chi connectivity index (χ1v) is 9.18. The molecule has 1 aliphatic carbocycles. The number of carbonyl (C=O) groups excluding carboxylic acids is 2. The van der Waals surface area contributed by atoms with E-state index in [1.807, 2.05) is 37.3 Å². The van der Waals surface area contributed by atoms with Crippen LogP contribution in [0.1, 0.15) is 48.7 Å². The Morgan fingerprint density at radius 2 is 1.69 bits per heavy atom. The van der Waals surface area contributed by atoms with Crippen molar-refractivity contribution in [3.05, 3.63) is 65.7 Å². The lowest BCUT2D eigenvalue weighted by Gasteiger charge is -2.29. The zero-order valence-corrected chi connectivity index (χ0v) is 15.3. The van der Waals surface area contributed by atoms with Crippen LogP contribution in [0.5, 0.6) is 0 Å². The molecule has 0 aromatic heterocycles. The maximum absolute atomic E-state index is 13.3. The minimum Gasteiger partial charge on any atom is -0.388 e. The van der Waals surface area contributed by atoms with E-state index in [-0.39, 0.29) is 17.6 Å². The number of amides is 1. The zero-order valence-electron chi connectivity index (χ0n) is 15.3. The summed E-state index contributed by atoms with van der Waals surface area (Å²) in [5, 5.41) is 10.9. The van der Waals surface area contributed by atoms with Gasteiger partial charge >= 0.3 is 0 Å². The fourth-order valence-electron chi connectivity index (χ4n) is 3.43. The largest absolute Gasteiger partial charge is 0.388 e. The maximum Gasteiger partial charge on any atom is 0.233 e. The molecule has 1 amide bonds. The van der Waals surface area contributed by atoms with Gasteiger partial charge in [-0.25, -0.2) is 0 Å². The van der Waals surface area contributed by atoms with Crippen LogP contribution in [0.15, 0.2) is 54.6 Å². The van der Waals surface area contributed by atoms with Gasteiger partial charge in [0.15, 0.2) is 5.78 Å². The Balaban J connectivity index is 1.86. The first-order chi connectivity index (χ1) is 12.5. The summed E-state index contributed by atoms with van der Waals surface area (Å²) in [6.07, 6.45) is 1.06. The van der Waals surface area contributed by atoms with Gasteiger partial charge in [0.25, 0.3) is 0 Å². The van der Waals surface area contributed by atoms with E-state index in [2.05, 4.69) is 0 Å². The van der Waals surface area contributed by atoms with Gasteiger partial charge in [-0.3, -0.25) is 9.59 Å². The molecule has 136 valence electrons. The number of carbonyl (C=O) groups is 2. The van der Waals surface area contributed by atoms with Gasteiger partial charge in [-0.2, -0.15) is 0 Å². The standard InChI is InChI=1S/C22H25NO3/c1-3-23(19-7-5-4-6-8-19)22(26)20(17-11-12-17)21(25)18-13-9-16(10-14-18)15(2)24/h4-10,13-14,17,20-21,25H,3,11-12H2,1-2H3/t20-,21-/m0/s1. The summed E-state index contributed by atoms with van der Waals surface area (Å²) in [6, 6.07) is 16.5. The summed E-state index contributed by atoms with van der Waals surface area (Å²) in [5.41, 5.74) is 2.14. The molecule has 0 unspecified atom stereocenters. The third-order valence-electron chi connectivity index (χ3n) is 5.06. The van der Waals surface area contributed by atoms with Crippen molar-refractivity contribution in [1.82, 2.24) is 0 Å². The number of hydrogen-bond acceptors (Lipinski definition) is 3. The number of hydrogen-bond donors (Lipinski definition) is 1. The van der Waals surface area contributed by atoms with Crippen molar-refractivity contribution >= 4 is 17.4 Å². The zero-order chi connectivity index (χ0) is 18.7. The number of nitrogens with zero attached hydrogens (tertiary/aromatic N) is 1. The van der Waals surface area contributed by atoms with Crippen molar-refractivity contribution in [3.63, 3.8) is 0 Å². The van der Waals surface area contributed by atoms with Gasteiger partial charge in [0, 0.05) is 17.8 Å². The van der Waals surface area contributed by atoms with E-state index < -0.39 is 12.0 Å². The van der Waals surface area contributed by atoms with E-state index in [0.717, 1.165) is 18.5 Å². The topological polar surface area (TPSA) is 57.6 Å². The van der Waals surface area contributed by atoms with Crippen LogP contribution in [-0.4, -0.2) is 23.3 Å². The molecule has 4 nitrogen and oxygen atoms in total. The third-order valence-corrected chi connectivity index (χ3v) is 5.06. The number of benzene rings is 2. The summed E-state index contributed by atoms with van der Waals surface area (Å²) in [6.45, 7) is 4.02. The van der Waals surface area contributed by atoms with E-state index >= 15 is 0 Å². The maximum atomic E-state index is 13.3. The van der Waals surface area contributed by atoms with Crippen LogP contribution in [0, 0.1) is 11.8 Å². The molecule has 2 aromatic rings. The predicted molar refractivity (Wildman–Crippen MR) is 102 cm³/mol. The summed E-state index contributed by atoms with van der Waals surface area (Å²) < 4.78 is 0. The molecule has 0 saturated heterocycles. The van der Waals surface area contributed by atoms with Gasteiger partial charge in [0.2, 0.25) is 5.91 Å². The molecule has 0 bridgehead atoms. The van der Waals surface area contributed by atoms with Crippen molar-refractivity contribution in [2.75, 3.05) is 11.4 Å². The molecule has 0 aliphatic heterocycles. The van der Waals surface area contributed by atoms with Crippen molar-refractivity contribution < 1.29 is 14.7 Å². The lowest BCUT2D eigenvalue weighted by Crippen LogP contribution is -2.39. The summed E-state index contributed by atoms with van der Waals surface area (Å²) in [7, 11) is 0. The smallest absolute Gasteiger partial charge is 0.233 e. The Bertz CT molecular complexity index is 766. The monoisotopic (exact) mass is 351 g/mol. The average Bonchev–Trinajstić information content (AvgIpc) is 3.48. The SMILES string of the molecule is CCN(C(=O)[C@@H](C1CC1)[C@@H](O)c1ccc(C(C)=O)cc1)c1ccccc1. The van der Waals surface area contributed by atoms with E-state index in [9.17, 15) is 14.7 Å². The van der Waals surface area contributed by atoms with Gasteiger partial charge in [-0.1, -0.05) is 42.5 Å². The molecular weight excluding hydrogens is 326 g/mol. The molecule has 3 rings (SSSR count). The Labute approximate surface area is 154 Å². The Hall–Kier alpha value is -2.46. The molecule has 26 heavy (non-hydrogen) atoms. The van der Waals surface area contributed by atoms with Gasteiger partial charge in [-0.15, -0.1) is 0 Å². The average molecular weight is 351 g/mol. The van der Waals surface area contributed by atoms with Gasteiger partial charge in [-0.05, 0) is 50.3 Å². The molecule has 0 spiro atoms. The highest BCUT2D eigenvalue weighted by Gasteiger charge is 2.43. The molecule has 2 aromatic carbocycles. The summed E-state index contributed by atoms with van der Waals surface area (Å²) >= 11 is 0. The van der Waals surface area contributed by atoms with Crippen LogP contribution in [0.3, 0.4) is 0 Å². The quantitative estimate of drug-likeness (QED) is 0.767. The molecule has 1 aliphatic rings. The fourth-order valence-corrected chi connectivity index (χ4v) is 3.43. The minimum atomic E-state index is -0.867. The highest BCUT2D eigenvalue weighted by Crippen LogP contribution is 2.44. The van der Waals surface area contributed by atoms with Gasteiger partial charge in [0.1, 0.15) is 0 Å². The molecule has 4 heteroatoms. The molecule has 1 saturated carbocycles. The van der Waals surface area contributed by atoms with Crippen molar-refractivity contribution in [3.8, 4) is 0 Å². The molecule has 0 heterocycles. The second-order valence-electron chi connectivity index (χ2n) is 6.90. The number of anilines is 1.